The van der Waals surface area contributed by atoms with Gasteiger partial charge in [0.15, 0.2) is 5.75 Å². The molecule has 7 rings (SSSR count). The number of anilines is 1. The lowest BCUT2D eigenvalue weighted by atomic mass is 9.63. The normalized spacial score (nSPS) is 34.4. The summed E-state index contributed by atoms with van der Waals surface area (Å²) in [5.74, 6) is 0.358. The van der Waals surface area contributed by atoms with E-state index in [9.17, 15) is 14.4 Å². The number of hydrogen-bond acceptors (Lipinski definition) is 5. The molecule has 0 unspecified atom stereocenters. The van der Waals surface area contributed by atoms with Gasteiger partial charge in [-0.25, -0.2) is 9.69 Å². The lowest BCUT2D eigenvalue weighted by molar-refractivity contribution is -0.124. The summed E-state index contributed by atoms with van der Waals surface area (Å²) in [4.78, 5) is 40.8. The van der Waals surface area contributed by atoms with Crippen molar-refractivity contribution in [3.05, 3.63) is 58.8 Å². The fourth-order valence-corrected chi connectivity index (χ4v) is 6.07. The summed E-state index contributed by atoms with van der Waals surface area (Å²) in [7, 11) is 0. The van der Waals surface area contributed by atoms with Crippen LogP contribution in [0.2, 0.25) is 0 Å². The van der Waals surface area contributed by atoms with Crippen molar-refractivity contribution < 1.29 is 19.1 Å². The smallest absolute Gasteiger partial charge is 0.353 e. The minimum Gasteiger partial charge on any atom is -0.420 e. The molecule has 2 aromatic rings. The van der Waals surface area contributed by atoms with Crippen LogP contribution in [0.5, 0.6) is 5.75 Å². The lowest BCUT2D eigenvalue weighted by Gasteiger charge is -2.37. The number of thiophene rings is 1. The summed E-state index contributed by atoms with van der Waals surface area (Å²) in [6.07, 6.45) is 5.43. The van der Waals surface area contributed by atoms with Crippen LogP contribution in [0.1, 0.15) is 16.1 Å². The van der Waals surface area contributed by atoms with Gasteiger partial charge in [0.05, 0.1) is 17.5 Å². The van der Waals surface area contributed by atoms with E-state index in [1.807, 2.05) is 0 Å². The average molecular weight is 391 g/mol. The average Bonchev–Trinajstić information content (AvgIpc) is 3.27. The summed E-state index contributed by atoms with van der Waals surface area (Å²) < 4.78 is 5.56. The first kappa shape index (κ1) is 16.2. The summed E-state index contributed by atoms with van der Waals surface area (Å²) in [5, 5.41) is 1.80. The van der Waals surface area contributed by atoms with E-state index in [2.05, 4.69) is 12.2 Å². The molecule has 0 radical (unpaired) electrons. The van der Waals surface area contributed by atoms with E-state index in [-0.39, 0.29) is 41.2 Å². The Morgan fingerprint density at radius 3 is 2.29 bits per heavy atom. The first-order valence-electron chi connectivity index (χ1n) is 9.56. The molecule has 140 valence electrons. The fourth-order valence-electron chi connectivity index (χ4n) is 5.47. The van der Waals surface area contributed by atoms with Crippen LogP contribution in [0, 0.1) is 35.5 Å². The molecule has 1 saturated heterocycles. The number of nitrogens with zero attached hydrogens (tertiary/aromatic N) is 1. The topological polar surface area (TPSA) is 63.7 Å². The molecule has 2 heterocycles. The number of carbonyl (C=O) groups is 3. The highest BCUT2D eigenvalue weighted by molar-refractivity contribution is 7.12. The molecule has 0 spiro atoms. The van der Waals surface area contributed by atoms with Gasteiger partial charge in [-0.15, -0.1) is 11.3 Å². The molecule has 6 heteroatoms. The Bertz CT molecular complexity index is 1010. The van der Waals surface area contributed by atoms with Gasteiger partial charge in [0, 0.05) is 0 Å². The van der Waals surface area contributed by atoms with Gasteiger partial charge in [-0.05, 0) is 53.7 Å². The van der Waals surface area contributed by atoms with E-state index in [0.29, 0.717) is 22.4 Å². The first-order valence-corrected chi connectivity index (χ1v) is 10.4. The zero-order valence-corrected chi connectivity index (χ0v) is 15.7. The van der Waals surface area contributed by atoms with Crippen LogP contribution in [0.15, 0.2) is 53.9 Å². The number of hydrogen-bond donors (Lipinski definition) is 0. The van der Waals surface area contributed by atoms with Crippen molar-refractivity contribution in [3.8, 4) is 5.75 Å². The van der Waals surface area contributed by atoms with Crippen molar-refractivity contribution >= 4 is 34.8 Å². The number of amides is 2. The van der Waals surface area contributed by atoms with E-state index in [4.69, 9.17) is 4.74 Å². The molecular weight excluding hydrogens is 374 g/mol. The molecule has 2 saturated carbocycles. The Morgan fingerprint density at radius 1 is 0.964 bits per heavy atom. The molecule has 3 fully saturated rings. The third kappa shape index (κ3) is 2.09. The van der Waals surface area contributed by atoms with Gasteiger partial charge in [-0.2, -0.15) is 0 Å². The quantitative estimate of drug-likeness (QED) is 0.348. The van der Waals surface area contributed by atoms with Gasteiger partial charge in [0.1, 0.15) is 4.88 Å². The number of imide groups is 1. The number of carbonyl (C=O) groups excluding carboxylic acids is 3. The molecule has 0 N–H and O–H groups in total. The van der Waals surface area contributed by atoms with Crippen molar-refractivity contribution in [2.45, 2.75) is 6.42 Å². The SMILES string of the molecule is O=C(Oc1ccccc1N1C(=O)[C@H]2[C@@H]3C=C[C@H]([C@@H]4C[C@H]34)[C@@H]2C1=O)c1cccs1. The fraction of sp³-hybridized carbons (Fsp3) is 0.318. The molecule has 1 aromatic carbocycles. The minimum atomic E-state index is -0.484. The summed E-state index contributed by atoms with van der Waals surface area (Å²) in [5.41, 5.74) is 0.366. The van der Waals surface area contributed by atoms with Crippen LogP contribution >= 0.6 is 11.3 Å². The van der Waals surface area contributed by atoms with Crippen molar-refractivity contribution in [3.63, 3.8) is 0 Å². The molecule has 6 atom stereocenters. The molecule has 1 aliphatic heterocycles. The van der Waals surface area contributed by atoms with E-state index in [1.54, 1.807) is 41.8 Å². The van der Waals surface area contributed by atoms with Gasteiger partial charge in [-0.3, -0.25) is 9.59 Å². The second-order valence-electron chi connectivity index (χ2n) is 8.00. The predicted molar refractivity (Wildman–Crippen MR) is 103 cm³/mol. The van der Waals surface area contributed by atoms with Crippen LogP contribution in [-0.4, -0.2) is 17.8 Å². The predicted octanol–water partition coefficient (Wildman–Crippen LogP) is 3.52. The van der Waals surface area contributed by atoms with Crippen LogP contribution in [0.4, 0.5) is 5.69 Å². The maximum Gasteiger partial charge on any atom is 0.353 e. The van der Waals surface area contributed by atoms with E-state index >= 15 is 0 Å². The molecule has 28 heavy (non-hydrogen) atoms. The highest BCUT2D eigenvalue weighted by Gasteiger charge is 2.67. The van der Waals surface area contributed by atoms with Crippen molar-refractivity contribution in [1.82, 2.24) is 0 Å². The number of benzene rings is 1. The highest BCUT2D eigenvalue weighted by Crippen LogP contribution is 2.65. The zero-order valence-electron chi connectivity index (χ0n) is 14.9. The Hall–Kier alpha value is -2.73. The number of rotatable bonds is 3. The molecule has 5 aliphatic rings. The van der Waals surface area contributed by atoms with Crippen molar-refractivity contribution in [2.24, 2.45) is 35.5 Å². The van der Waals surface area contributed by atoms with Crippen LogP contribution in [-0.2, 0) is 9.59 Å². The first-order chi connectivity index (χ1) is 13.6. The summed E-state index contributed by atoms with van der Waals surface area (Å²) in [6, 6.07) is 10.3. The molecule has 5 nitrogen and oxygen atoms in total. The Balaban J connectivity index is 1.36. The number of ether oxygens (including phenoxy) is 1. The zero-order chi connectivity index (χ0) is 19.0. The molecule has 2 amide bonds. The number of esters is 1. The number of allylic oxidation sites excluding steroid dienone is 2. The van der Waals surface area contributed by atoms with Gasteiger partial charge in [-0.1, -0.05) is 30.4 Å². The number of para-hydroxylation sites is 2. The molecule has 2 bridgehead atoms. The minimum absolute atomic E-state index is 0.153. The van der Waals surface area contributed by atoms with Gasteiger partial charge < -0.3 is 4.74 Å². The van der Waals surface area contributed by atoms with Gasteiger partial charge in [0.25, 0.3) is 0 Å². The Morgan fingerprint density at radius 2 is 1.64 bits per heavy atom. The van der Waals surface area contributed by atoms with Gasteiger partial charge in [0.2, 0.25) is 11.8 Å². The third-order valence-electron chi connectivity index (χ3n) is 6.69. The second kappa shape index (κ2) is 5.64. The van der Waals surface area contributed by atoms with E-state index < -0.39 is 5.97 Å². The van der Waals surface area contributed by atoms with Gasteiger partial charge >= 0.3 is 5.97 Å². The second-order valence-corrected chi connectivity index (χ2v) is 8.95. The molecule has 1 aromatic heterocycles. The maximum atomic E-state index is 13.3. The highest BCUT2D eigenvalue weighted by atomic mass is 32.1. The third-order valence-corrected chi connectivity index (χ3v) is 7.54. The summed E-state index contributed by atoms with van der Waals surface area (Å²) in [6.45, 7) is 0. The Kier molecular flexibility index (Phi) is 3.27. The molecular formula is C22H17NO4S. The maximum absolute atomic E-state index is 13.3. The van der Waals surface area contributed by atoms with Crippen LogP contribution in [0.3, 0.4) is 0 Å². The lowest BCUT2D eigenvalue weighted by Crippen LogP contribution is -2.40. The van der Waals surface area contributed by atoms with E-state index in [0.717, 1.165) is 6.42 Å². The van der Waals surface area contributed by atoms with Crippen LogP contribution < -0.4 is 9.64 Å². The molecule has 4 aliphatic carbocycles. The van der Waals surface area contributed by atoms with Crippen molar-refractivity contribution in [2.75, 3.05) is 4.90 Å². The van der Waals surface area contributed by atoms with Crippen LogP contribution in [0.25, 0.3) is 0 Å². The standard InChI is InChI=1S/C22H17NO4S/c24-20-18-11-7-8-12(14-10-13(11)14)19(18)21(25)23(20)15-4-1-2-5-16(15)27-22(26)17-6-3-9-28-17/h1-9,11-14,18-19H,10H2/t11-,12-,13-,14+,18+,19+/m1/s1. The Labute approximate surface area is 165 Å². The largest absolute Gasteiger partial charge is 0.420 e. The monoisotopic (exact) mass is 391 g/mol. The summed E-state index contributed by atoms with van der Waals surface area (Å²) >= 11 is 1.29. The van der Waals surface area contributed by atoms with Crippen molar-refractivity contribution in [1.29, 1.82) is 0 Å². The van der Waals surface area contributed by atoms with E-state index in [1.165, 1.54) is 16.2 Å².